The van der Waals surface area contributed by atoms with Crippen molar-refractivity contribution in [2.45, 2.75) is 6.92 Å². The Kier molecular flexibility index (Phi) is 3.94. The summed E-state index contributed by atoms with van der Waals surface area (Å²) in [6, 6.07) is 12.9. The Bertz CT molecular complexity index is 638. The Morgan fingerprint density at radius 2 is 1.90 bits per heavy atom. The number of ether oxygens (including phenoxy) is 1. The first-order valence-corrected chi connectivity index (χ1v) is 6.31. The van der Waals surface area contributed by atoms with Gasteiger partial charge in [0.05, 0.1) is 18.4 Å². The number of nitrogen functional groups attached to an aromatic ring is 1. The monoisotopic (exact) mass is 270 g/mol. The van der Waals surface area contributed by atoms with Crippen LogP contribution in [-0.2, 0) is 0 Å². The molecule has 2 aromatic carbocycles. The molecule has 0 fully saturated rings. The van der Waals surface area contributed by atoms with Crippen LogP contribution in [0.2, 0.25) is 0 Å². The second-order valence-electron chi connectivity index (χ2n) is 4.63. The Balaban J connectivity index is 2.39. The summed E-state index contributed by atoms with van der Waals surface area (Å²) < 4.78 is 5.23. The van der Waals surface area contributed by atoms with Gasteiger partial charge in [0.1, 0.15) is 0 Å². The van der Waals surface area contributed by atoms with E-state index in [1.165, 1.54) is 7.11 Å². The van der Waals surface area contributed by atoms with Crippen LogP contribution in [0, 0.1) is 6.92 Å². The van der Waals surface area contributed by atoms with Crippen LogP contribution in [0.3, 0.4) is 0 Å². The van der Waals surface area contributed by atoms with Gasteiger partial charge in [-0.05, 0) is 36.8 Å². The number of aryl methyl sites for hydroxylation is 1. The fourth-order valence-electron chi connectivity index (χ4n) is 2.09. The minimum absolute atomic E-state index is 0.153. The van der Waals surface area contributed by atoms with Crippen molar-refractivity contribution in [1.29, 1.82) is 0 Å². The van der Waals surface area contributed by atoms with Gasteiger partial charge in [-0.3, -0.25) is 4.79 Å². The number of nitrogens with two attached hydrogens (primary N) is 1. The molecule has 0 unspecified atom stereocenters. The van der Waals surface area contributed by atoms with Crippen LogP contribution in [0.25, 0.3) is 0 Å². The van der Waals surface area contributed by atoms with Gasteiger partial charge in [-0.1, -0.05) is 18.2 Å². The summed E-state index contributed by atoms with van der Waals surface area (Å²) in [4.78, 5) is 14.2. The molecule has 0 atom stereocenters. The van der Waals surface area contributed by atoms with E-state index in [1.807, 2.05) is 31.2 Å². The highest BCUT2D eigenvalue weighted by molar-refractivity contribution is 6.08. The van der Waals surface area contributed by atoms with Crippen LogP contribution in [0.4, 0.5) is 11.4 Å². The smallest absolute Gasteiger partial charge is 0.261 e. The summed E-state index contributed by atoms with van der Waals surface area (Å²) >= 11 is 0. The molecule has 2 rings (SSSR count). The number of para-hydroxylation sites is 1. The lowest BCUT2D eigenvalue weighted by molar-refractivity contribution is 0.0990. The first-order valence-electron chi connectivity index (χ1n) is 6.31. The molecule has 0 radical (unpaired) electrons. The molecule has 0 saturated carbocycles. The molecular weight excluding hydrogens is 252 g/mol. The van der Waals surface area contributed by atoms with Gasteiger partial charge in [0.15, 0.2) is 5.75 Å². The van der Waals surface area contributed by atoms with Crippen molar-refractivity contribution in [1.82, 2.24) is 0 Å². The number of methoxy groups -OCH3 is 1. The lowest BCUT2D eigenvalue weighted by atomic mass is 10.1. The highest BCUT2D eigenvalue weighted by Crippen LogP contribution is 2.28. The molecule has 0 aliphatic carbocycles. The predicted molar refractivity (Wildman–Crippen MR) is 81.3 cm³/mol. The van der Waals surface area contributed by atoms with E-state index in [1.54, 1.807) is 30.1 Å². The fraction of sp³-hybridized carbons (Fsp3) is 0.188. The van der Waals surface area contributed by atoms with Crippen molar-refractivity contribution in [2.24, 2.45) is 0 Å². The SMILES string of the molecule is COc1c(N)cccc1C(=O)N(C)c1cccc(C)c1. The van der Waals surface area contributed by atoms with Crippen LogP contribution < -0.4 is 15.4 Å². The van der Waals surface area contributed by atoms with E-state index in [0.29, 0.717) is 17.0 Å². The molecule has 104 valence electrons. The number of carbonyl (C=O) groups is 1. The van der Waals surface area contributed by atoms with Gasteiger partial charge in [-0.2, -0.15) is 0 Å². The normalized spacial score (nSPS) is 10.2. The maximum Gasteiger partial charge on any atom is 0.261 e. The average molecular weight is 270 g/mol. The topological polar surface area (TPSA) is 55.6 Å². The van der Waals surface area contributed by atoms with E-state index >= 15 is 0 Å². The molecule has 1 amide bonds. The van der Waals surface area contributed by atoms with Gasteiger partial charge in [0, 0.05) is 12.7 Å². The van der Waals surface area contributed by atoms with E-state index in [2.05, 4.69) is 0 Å². The molecule has 2 aromatic rings. The van der Waals surface area contributed by atoms with E-state index < -0.39 is 0 Å². The van der Waals surface area contributed by atoms with Gasteiger partial charge < -0.3 is 15.4 Å². The van der Waals surface area contributed by atoms with Crippen molar-refractivity contribution in [3.8, 4) is 5.75 Å². The third kappa shape index (κ3) is 2.59. The Morgan fingerprint density at radius 1 is 1.20 bits per heavy atom. The first kappa shape index (κ1) is 13.9. The molecule has 0 heterocycles. The van der Waals surface area contributed by atoms with Gasteiger partial charge in [0.25, 0.3) is 5.91 Å². The molecule has 0 aliphatic rings. The zero-order valence-electron chi connectivity index (χ0n) is 11.9. The molecular formula is C16H18N2O2. The number of amides is 1. The largest absolute Gasteiger partial charge is 0.494 e. The number of rotatable bonds is 3. The summed E-state index contributed by atoms with van der Waals surface area (Å²) in [5.74, 6) is 0.261. The van der Waals surface area contributed by atoms with E-state index in [4.69, 9.17) is 10.5 Å². The van der Waals surface area contributed by atoms with Crippen molar-refractivity contribution >= 4 is 17.3 Å². The summed E-state index contributed by atoms with van der Waals surface area (Å²) in [5.41, 5.74) is 8.68. The number of benzene rings is 2. The Morgan fingerprint density at radius 3 is 2.55 bits per heavy atom. The standard InChI is InChI=1S/C16H18N2O2/c1-11-6-4-7-12(10-11)18(2)16(19)13-8-5-9-14(17)15(13)20-3/h4-10H,17H2,1-3H3. The number of hydrogen-bond acceptors (Lipinski definition) is 3. The highest BCUT2D eigenvalue weighted by Gasteiger charge is 2.19. The molecule has 0 spiro atoms. The molecule has 20 heavy (non-hydrogen) atoms. The van der Waals surface area contributed by atoms with Crippen molar-refractivity contribution in [2.75, 3.05) is 24.8 Å². The second kappa shape index (κ2) is 5.65. The third-order valence-electron chi connectivity index (χ3n) is 3.17. The summed E-state index contributed by atoms with van der Waals surface area (Å²) in [6.45, 7) is 1.99. The quantitative estimate of drug-likeness (QED) is 0.872. The maximum absolute atomic E-state index is 12.6. The lowest BCUT2D eigenvalue weighted by Gasteiger charge is -2.19. The van der Waals surface area contributed by atoms with Gasteiger partial charge >= 0.3 is 0 Å². The summed E-state index contributed by atoms with van der Waals surface area (Å²) in [7, 11) is 3.24. The Labute approximate surface area is 118 Å². The van der Waals surface area contributed by atoms with Gasteiger partial charge in [-0.25, -0.2) is 0 Å². The molecule has 4 nitrogen and oxygen atoms in total. The number of anilines is 2. The number of hydrogen-bond donors (Lipinski definition) is 1. The van der Waals surface area contributed by atoms with E-state index in [0.717, 1.165) is 11.3 Å². The minimum Gasteiger partial charge on any atom is -0.494 e. The zero-order valence-corrected chi connectivity index (χ0v) is 11.9. The third-order valence-corrected chi connectivity index (χ3v) is 3.17. The van der Waals surface area contributed by atoms with Crippen molar-refractivity contribution in [3.05, 3.63) is 53.6 Å². The zero-order chi connectivity index (χ0) is 14.7. The molecule has 2 N–H and O–H groups in total. The van der Waals surface area contributed by atoms with E-state index in [9.17, 15) is 4.79 Å². The molecule has 0 bridgehead atoms. The molecule has 0 saturated heterocycles. The lowest BCUT2D eigenvalue weighted by Crippen LogP contribution is -2.26. The van der Waals surface area contributed by atoms with Crippen LogP contribution in [-0.4, -0.2) is 20.1 Å². The van der Waals surface area contributed by atoms with Crippen LogP contribution in [0.1, 0.15) is 15.9 Å². The maximum atomic E-state index is 12.6. The predicted octanol–water partition coefficient (Wildman–Crippen LogP) is 2.86. The Hall–Kier alpha value is -2.49. The molecule has 0 aliphatic heterocycles. The summed E-state index contributed by atoms with van der Waals surface area (Å²) in [6.07, 6.45) is 0. The van der Waals surface area contributed by atoms with Crippen molar-refractivity contribution < 1.29 is 9.53 Å². The van der Waals surface area contributed by atoms with Crippen LogP contribution >= 0.6 is 0 Å². The number of nitrogens with zero attached hydrogens (tertiary/aromatic N) is 1. The molecule has 0 aromatic heterocycles. The number of carbonyl (C=O) groups excluding carboxylic acids is 1. The first-order chi connectivity index (χ1) is 9.54. The molecule has 4 heteroatoms. The average Bonchev–Trinajstić information content (AvgIpc) is 2.45. The van der Waals surface area contributed by atoms with Crippen LogP contribution in [0.15, 0.2) is 42.5 Å². The van der Waals surface area contributed by atoms with Gasteiger partial charge in [-0.15, -0.1) is 0 Å². The van der Waals surface area contributed by atoms with Gasteiger partial charge in [0.2, 0.25) is 0 Å². The highest BCUT2D eigenvalue weighted by atomic mass is 16.5. The van der Waals surface area contributed by atoms with Crippen molar-refractivity contribution in [3.63, 3.8) is 0 Å². The van der Waals surface area contributed by atoms with E-state index in [-0.39, 0.29) is 5.91 Å². The minimum atomic E-state index is -0.153. The second-order valence-corrected chi connectivity index (χ2v) is 4.63. The fourth-order valence-corrected chi connectivity index (χ4v) is 2.09. The van der Waals surface area contributed by atoms with Crippen LogP contribution in [0.5, 0.6) is 5.75 Å². The summed E-state index contributed by atoms with van der Waals surface area (Å²) in [5, 5.41) is 0.